The molecule has 0 aromatic carbocycles. The van der Waals surface area contributed by atoms with E-state index >= 15 is 0 Å². The molecule has 0 fully saturated rings. The van der Waals surface area contributed by atoms with E-state index in [1.807, 2.05) is 0 Å². The number of amides is 1. The first-order valence-electron chi connectivity index (χ1n) is 3.23. The lowest BCUT2D eigenvalue weighted by molar-refractivity contribution is 0.0949. The third kappa shape index (κ3) is 1.60. The van der Waals surface area contributed by atoms with E-state index in [4.69, 9.17) is 5.73 Å². The molecule has 0 aliphatic heterocycles. The number of nitrogens with one attached hydrogen (secondary N) is 1. The van der Waals surface area contributed by atoms with Gasteiger partial charge in [0.15, 0.2) is 0 Å². The van der Waals surface area contributed by atoms with Gasteiger partial charge in [0.05, 0.1) is 0 Å². The summed E-state index contributed by atoms with van der Waals surface area (Å²) in [5.41, 5.74) is 5.26. The molecule has 0 unspecified atom stereocenters. The summed E-state index contributed by atoms with van der Waals surface area (Å²) in [5.74, 6) is -0.440. The largest absolute Gasteiger partial charge is 0.379 e. The van der Waals surface area contributed by atoms with Crippen LogP contribution in [0.2, 0.25) is 0 Å². The second-order valence-electron chi connectivity index (χ2n) is 2.00. The van der Waals surface area contributed by atoms with Crippen LogP contribution in [0.1, 0.15) is 10.5 Å². The van der Waals surface area contributed by atoms with Gasteiger partial charge in [0.2, 0.25) is 11.5 Å². The number of aromatic nitrogens is 2. The van der Waals surface area contributed by atoms with Crippen LogP contribution in [0.4, 0.5) is 5.82 Å². The van der Waals surface area contributed by atoms with Crippen molar-refractivity contribution in [2.75, 3.05) is 12.3 Å². The molecule has 1 rings (SSSR count). The summed E-state index contributed by atoms with van der Waals surface area (Å²) >= 11 is 0. The quantitative estimate of drug-likeness (QED) is 0.597. The van der Waals surface area contributed by atoms with Gasteiger partial charge in [0.25, 0.3) is 5.91 Å². The lowest BCUT2D eigenvalue weighted by Crippen LogP contribution is -2.24. The van der Waals surface area contributed by atoms with Crippen molar-refractivity contribution in [3.63, 3.8) is 0 Å². The molecule has 1 aromatic rings. The van der Waals surface area contributed by atoms with Gasteiger partial charge in [-0.15, -0.1) is 6.58 Å². The fourth-order valence-electron chi connectivity index (χ4n) is 0.602. The maximum atomic E-state index is 11.1. The Bertz CT molecular complexity index is 293. The summed E-state index contributed by atoms with van der Waals surface area (Å²) in [5, 5.41) is 9.04. The van der Waals surface area contributed by atoms with Gasteiger partial charge in [-0.3, -0.25) is 4.79 Å². The first-order valence-corrected chi connectivity index (χ1v) is 3.23. The molecule has 0 aliphatic carbocycles. The van der Waals surface area contributed by atoms with Gasteiger partial charge in [-0.2, -0.15) is 0 Å². The highest BCUT2D eigenvalue weighted by Gasteiger charge is 2.14. The van der Waals surface area contributed by atoms with Gasteiger partial charge >= 0.3 is 0 Å². The molecule has 6 heteroatoms. The van der Waals surface area contributed by atoms with Gasteiger partial charge in [-0.1, -0.05) is 6.08 Å². The Kier molecular flexibility index (Phi) is 2.42. The molecule has 0 bridgehead atoms. The van der Waals surface area contributed by atoms with Crippen LogP contribution in [0.15, 0.2) is 17.3 Å². The minimum atomic E-state index is -0.423. The number of hydrogen-bond acceptors (Lipinski definition) is 5. The van der Waals surface area contributed by atoms with Crippen LogP contribution in [0.5, 0.6) is 0 Å². The van der Waals surface area contributed by atoms with Crippen molar-refractivity contribution in [2.24, 2.45) is 0 Å². The lowest BCUT2D eigenvalue weighted by Gasteiger charge is -1.96. The van der Waals surface area contributed by atoms with Crippen molar-refractivity contribution in [1.82, 2.24) is 15.6 Å². The molecule has 0 saturated heterocycles. The molecule has 0 spiro atoms. The Labute approximate surface area is 68.4 Å². The highest BCUT2D eigenvalue weighted by molar-refractivity contribution is 5.96. The van der Waals surface area contributed by atoms with E-state index in [-0.39, 0.29) is 11.5 Å². The van der Waals surface area contributed by atoms with E-state index in [9.17, 15) is 4.79 Å². The van der Waals surface area contributed by atoms with Crippen molar-refractivity contribution >= 4 is 11.7 Å². The molecule has 0 atom stereocenters. The SMILES string of the molecule is C=CCNC(=O)c1nonc1N. The minimum absolute atomic E-state index is 0.00292. The van der Waals surface area contributed by atoms with Gasteiger partial charge in [-0.05, 0) is 10.3 Å². The molecule has 6 nitrogen and oxygen atoms in total. The van der Waals surface area contributed by atoms with E-state index in [1.165, 1.54) is 0 Å². The zero-order chi connectivity index (χ0) is 8.97. The van der Waals surface area contributed by atoms with Crippen LogP contribution in [0.25, 0.3) is 0 Å². The van der Waals surface area contributed by atoms with E-state index in [2.05, 4.69) is 26.8 Å². The predicted molar refractivity (Wildman–Crippen MR) is 41.2 cm³/mol. The summed E-state index contributed by atoms with van der Waals surface area (Å²) in [7, 11) is 0. The Morgan fingerprint density at radius 3 is 3.00 bits per heavy atom. The molecule has 0 radical (unpaired) electrons. The number of carbonyl (C=O) groups excluding carboxylic acids is 1. The van der Waals surface area contributed by atoms with Crippen molar-refractivity contribution in [2.45, 2.75) is 0 Å². The van der Waals surface area contributed by atoms with Gasteiger partial charge in [0, 0.05) is 6.54 Å². The number of nitrogen functional groups attached to an aromatic ring is 1. The Morgan fingerprint density at radius 2 is 2.50 bits per heavy atom. The van der Waals surface area contributed by atoms with E-state index in [0.717, 1.165) is 0 Å². The fraction of sp³-hybridized carbons (Fsp3) is 0.167. The first kappa shape index (κ1) is 8.25. The fourth-order valence-corrected chi connectivity index (χ4v) is 0.602. The van der Waals surface area contributed by atoms with Crippen molar-refractivity contribution in [3.05, 3.63) is 18.3 Å². The van der Waals surface area contributed by atoms with Crippen molar-refractivity contribution < 1.29 is 9.42 Å². The summed E-state index contributed by atoms with van der Waals surface area (Å²) < 4.78 is 4.23. The molecule has 1 heterocycles. The standard InChI is InChI=1S/C6H8N4O2/c1-2-3-8-6(11)4-5(7)10-12-9-4/h2H,1,3H2,(H2,7,10)(H,8,11). The van der Waals surface area contributed by atoms with Crippen LogP contribution < -0.4 is 11.1 Å². The summed E-state index contributed by atoms with van der Waals surface area (Å²) in [4.78, 5) is 11.1. The van der Waals surface area contributed by atoms with E-state index in [0.29, 0.717) is 6.54 Å². The van der Waals surface area contributed by atoms with Gasteiger partial charge in [0.1, 0.15) is 0 Å². The van der Waals surface area contributed by atoms with Crippen LogP contribution in [-0.2, 0) is 0 Å². The smallest absolute Gasteiger partial charge is 0.277 e. The summed E-state index contributed by atoms with van der Waals surface area (Å²) in [6.07, 6.45) is 1.54. The normalized spacial score (nSPS) is 9.33. The number of anilines is 1. The number of hydrogen-bond donors (Lipinski definition) is 2. The highest BCUT2D eigenvalue weighted by Crippen LogP contribution is 2.02. The second kappa shape index (κ2) is 3.51. The maximum absolute atomic E-state index is 11.1. The molecule has 64 valence electrons. The Morgan fingerprint density at radius 1 is 1.75 bits per heavy atom. The maximum Gasteiger partial charge on any atom is 0.277 e. The molecule has 12 heavy (non-hydrogen) atoms. The summed E-state index contributed by atoms with van der Waals surface area (Å²) in [6, 6.07) is 0. The third-order valence-electron chi connectivity index (χ3n) is 1.14. The first-order chi connectivity index (χ1) is 5.75. The molecular formula is C6H8N4O2. The third-order valence-corrected chi connectivity index (χ3v) is 1.14. The number of carbonyl (C=O) groups is 1. The van der Waals surface area contributed by atoms with Crippen LogP contribution in [0, 0.1) is 0 Å². The number of rotatable bonds is 3. The van der Waals surface area contributed by atoms with Crippen LogP contribution in [-0.4, -0.2) is 22.8 Å². The zero-order valence-electron chi connectivity index (χ0n) is 6.28. The predicted octanol–water partition coefficient (Wildman–Crippen LogP) is -0.432. The van der Waals surface area contributed by atoms with Gasteiger partial charge < -0.3 is 11.1 Å². The van der Waals surface area contributed by atoms with Gasteiger partial charge in [-0.25, -0.2) is 4.63 Å². The van der Waals surface area contributed by atoms with Crippen molar-refractivity contribution in [3.8, 4) is 0 Å². The molecule has 0 aliphatic rings. The Hall–Kier alpha value is -1.85. The van der Waals surface area contributed by atoms with Crippen molar-refractivity contribution in [1.29, 1.82) is 0 Å². The molecule has 1 aromatic heterocycles. The highest BCUT2D eigenvalue weighted by atomic mass is 16.6. The second-order valence-corrected chi connectivity index (χ2v) is 2.00. The monoisotopic (exact) mass is 168 g/mol. The number of nitrogens with zero attached hydrogens (tertiary/aromatic N) is 2. The Balaban J connectivity index is 2.65. The molecule has 1 amide bonds. The molecule has 0 saturated carbocycles. The van der Waals surface area contributed by atoms with Crippen LogP contribution >= 0.6 is 0 Å². The molecule has 3 N–H and O–H groups in total. The van der Waals surface area contributed by atoms with E-state index in [1.54, 1.807) is 6.08 Å². The topological polar surface area (TPSA) is 94.0 Å². The molecular weight excluding hydrogens is 160 g/mol. The number of nitrogens with two attached hydrogens (primary N) is 1. The minimum Gasteiger partial charge on any atom is -0.379 e. The average Bonchev–Trinajstić information content (AvgIpc) is 2.47. The average molecular weight is 168 g/mol. The van der Waals surface area contributed by atoms with Crippen LogP contribution in [0.3, 0.4) is 0 Å². The lowest BCUT2D eigenvalue weighted by atomic mass is 10.4. The van der Waals surface area contributed by atoms with E-state index < -0.39 is 5.91 Å². The zero-order valence-corrected chi connectivity index (χ0v) is 6.28. The summed E-state index contributed by atoms with van der Waals surface area (Å²) in [6.45, 7) is 3.78.